The van der Waals surface area contributed by atoms with E-state index in [2.05, 4.69) is 45.0 Å². The molecule has 1 fully saturated rings. The largest absolute Gasteiger partial charge is 0.299 e. The second-order valence-electron chi connectivity index (χ2n) is 5.53. The molecule has 0 aromatic heterocycles. The van der Waals surface area contributed by atoms with Crippen molar-refractivity contribution < 1.29 is 4.79 Å². The lowest BCUT2D eigenvalue weighted by Gasteiger charge is -2.47. The Kier molecular flexibility index (Phi) is 3.89. The van der Waals surface area contributed by atoms with Crippen molar-refractivity contribution in [2.24, 2.45) is 5.41 Å². The lowest BCUT2D eigenvalue weighted by Crippen LogP contribution is -2.47. The van der Waals surface area contributed by atoms with Gasteiger partial charge >= 0.3 is 0 Å². The second-order valence-corrected chi connectivity index (χ2v) is 5.53. The lowest BCUT2D eigenvalue weighted by molar-refractivity contribution is -0.141. The zero-order valence-electron chi connectivity index (χ0n) is 11.8. The highest BCUT2D eigenvalue weighted by Crippen LogP contribution is 2.54. The van der Waals surface area contributed by atoms with E-state index in [1.807, 2.05) is 0 Å². The molecule has 2 rings (SSSR count). The van der Waals surface area contributed by atoms with Gasteiger partial charge in [0.05, 0.1) is 0 Å². The van der Waals surface area contributed by atoms with Crippen LogP contribution in [0.2, 0.25) is 0 Å². The van der Waals surface area contributed by atoms with Crippen LogP contribution in [-0.2, 0) is 11.2 Å². The van der Waals surface area contributed by atoms with Gasteiger partial charge in [0, 0.05) is 17.8 Å². The van der Waals surface area contributed by atoms with Crippen molar-refractivity contribution in [1.82, 2.24) is 0 Å². The molecule has 1 aromatic rings. The van der Waals surface area contributed by atoms with Gasteiger partial charge in [-0.3, -0.25) is 4.79 Å². The molecule has 0 bridgehead atoms. The van der Waals surface area contributed by atoms with Gasteiger partial charge in [0.15, 0.2) is 0 Å². The molecule has 1 atom stereocenters. The Morgan fingerprint density at radius 3 is 2.17 bits per heavy atom. The molecule has 1 unspecified atom stereocenters. The van der Waals surface area contributed by atoms with Gasteiger partial charge in [-0.1, -0.05) is 51.5 Å². The Morgan fingerprint density at radius 1 is 1.11 bits per heavy atom. The number of carbonyl (C=O) groups excluding carboxylic acids is 1. The van der Waals surface area contributed by atoms with Crippen molar-refractivity contribution in [3.05, 3.63) is 35.4 Å². The molecule has 98 valence electrons. The first-order valence-corrected chi connectivity index (χ1v) is 7.30. The summed E-state index contributed by atoms with van der Waals surface area (Å²) in [6.45, 7) is 6.51. The maximum absolute atomic E-state index is 12.0. The molecule has 0 spiro atoms. The van der Waals surface area contributed by atoms with Crippen LogP contribution >= 0.6 is 0 Å². The molecule has 1 aromatic carbocycles. The van der Waals surface area contributed by atoms with E-state index in [0.29, 0.717) is 11.7 Å². The summed E-state index contributed by atoms with van der Waals surface area (Å²) >= 11 is 0. The lowest BCUT2D eigenvalue weighted by atomic mass is 9.54. The predicted molar refractivity (Wildman–Crippen MR) is 75.8 cm³/mol. The van der Waals surface area contributed by atoms with Crippen LogP contribution in [0.15, 0.2) is 24.3 Å². The molecular weight excluding hydrogens is 220 g/mol. The average Bonchev–Trinajstić information content (AvgIpc) is 2.39. The first kappa shape index (κ1) is 13.3. The SMILES string of the molecule is CCCc1ccc(C2CC(=O)C2(CC)CC)cc1. The number of hydrogen-bond acceptors (Lipinski definition) is 1. The highest BCUT2D eigenvalue weighted by molar-refractivity contribution is 5.93. The van der Waals surface area contributed by atoms with Crippen LogP contribution in [0, 0.1) is 5.41 Å². The van der Waals surface area contributed by atoms with Crippen LogP contribution in [0.5, 0.6) is 0 Å². The molecule has 18 heavy (non-hydrogen) atoms. The van der Waals surface area contributed by atoms with E-state index >= 15 is 0 Å². The summed E-state index contributed by atoms with van der Waals surface area (Å²) in [7, 11) is 0. The Balaban J connectivity index is 2.19. The van der Waals surface area contributed by atoms with E-state index in [1.54, 1.807) is 0 Å². The van der Waals surface area contributed by atoms with E-state index in [0.717, 1.165) is 25.7 Å². The molecule has 1 heteroatoms. The molecule has 0 N–H and O–H groups in total. The van der Waals surface area contributed by atoms with Crippen molar-refractivity contribution in [3.63, 3.8) is 0 Å². The summed E-state index contributed by atoms with van der Waals surface area (Å²) < 4.78 is 0. The summed E-state index contributed by atoms with van der Waals surface area (Å²) in [5.41, 5.74) is 2.70. The number of benzene rings is 1. The summed E-state index contributed by atoms with van der Waals surface area (Å²) in [6.07, 6.45) is 5.04. The number of carbonyl (C=O) groups is 1. The normalized spacial score (nSPS) is 21.7. The Hall–Kier alpha value is -1.11. The van der Waals surface area contributed by atoms with E-state index < -0.39 is 0 Å². The van der Waals surface area contributed by atoms with Crippen molar-refractivity contribution in [2.45, 2.75) is 58.8 Å². The van der Waals surface area contributed by atoms with Crippen LogP contribution in [0.25, 0.3) is 0 Å². The Labute approximate surface area is 111 Å². The van der Waals surface area contributed by atoms with Crippen LogP contribution in [-0.4, -0.2) is 5.78 Å². The molecule has 1 aliphatic rings. The van der Waals surface area contributed by atoms with E-state index in [1.165, 1.54) is 17.5 Å². The second kappa shape index (κ2) is 5.26. The molecule has 0 radical (unpaired) electrons. The first-order valence-electron chi connectivity index (χ1n) is 7.30. The zero-order valence-corrected chi connectivity index (χ0v) is 11.8. The monoisotopic (exact) mass is 244 g/mol. The predicted octanol–water partition coefficient (Wildman–Crippen LogP) is 4.50. The third kappa shape index (κ3) is 2.00. The fourth-order valence-corrected chi connectivity index (χ4v) is 3.43. The van der Waals surface area contributed by atoms with Crippen LogP contribution in [0.1, 0.15) is 63.5 Å². The van der Waals surface area contributed by atoms with Gasteiger partial charge in [0.2, 0.25) is 0 Å². The van der Waals surface area contributed by atoms with Gasteiger partial charge < -0.3 is 0 Å². The fourth-order valence-electron chi connectivity index (χ4n) is 3.43. The molecule has 0 heterocycles. The quantitative estimate of drug-likeness (QED) is 0.745. The Bertz CT molecular complexity index is 412. The van der Waals surface area contributed by atoms with Crippen molar-refractivity contribution in [1.29, 1.82) is 0 Å². The highest BCUT2D eigenvalue weighted by atomic mass is 16.1. The molecule has 1 aliphatic carbocycles. The number of ketones is 1. The van der Waals surface area contributed by atoms with E-state index in [4.69, 9.17) is 0 Å². The average molecular weight is 244 g/mol. The standard InChI is InChI=1S/C17H24O/c1-4-7-13-8-10-14(11-9-13)15-12-16(18)17(15,5-2)6-3/h8-11,15H,4-7,12H2,1-3H3. The van der Waals surface area contributed by atoms with E-state index in [-0.39, 0.29) is 5.41 Å². The third-order valence-electron chi connectivity index (χ3n) is 4.79. The van der Waals surface area contributed by atoms with Gasteiger partial charge in [-0.2, -0.15) is 0 Å². The number of Topliss-reactive ketones (excluding diaryl/α,β-unsaturated/α-hetero) is 1. The van der Waals surface area contributed by atoms with Crippen molar-refractivity contribution in [3.8, 4) is 0 Å². The van der Waals surface area contributed by atoms with Gasteiger partial charge in [-0.05, 0) is 30.4 Å². The van der Waals surface area contributed by atoms with E-state index in [9.17, 15) is 4.79 Å². The van der Waals surface area contributed by atoms with Crippen LogP contribution in [0.3, 0.4) is 0 Å². The van der Waals surface area contributed by atoms with Gasteiger partial charge in [-0.15, -0.1) is 0 Å². The summed E-state index contributed by atoms with van der Waals surface area (Å²) in [5.74, 6) is 0.922. The summed E-state index contributed by atoms with van der Waals surface area (Å²) in [5, 5.41) is 0. The molecule has 0 amide bonds. The van der Waals surface area contributed by atoms with Crippen LogP contribution < -0.4 is 0 Å². The molecule has 1 nitrogen and oxygen atoms in total. The van der Waals surface area contributed by atoms with Crippen molar-refractivity contribution in [2.75, 3.05) is 0 Å². The zero-order chi connectivity index (χ0) is 13.2. The smallest absolute Gasteiger partial charge is 0.140 e. The summed E-state index contributed by atoms with van der Waals surface area (Å²) in [6, 6.07) is 8.94. The van der Waals surface area contributed by atoms with Crippen LogP contribution in [0.4, 0.5) is 0 Å². The maximum atomic E-state index is 12.0. The Morgan fingerprint density at radius 2 is 1.72 bits per heavy atom. The summed E-state index contributed by atoms with van der Waals surface area (Å²) in [4.78, 5) is 12.0. The molecular formula is C17H24O. The molecule has 0 saturated heterocycles. The maximum Gasteiger partial charge on any atom is 0.140 e. The highest BCUT2D eigenvalue weighted by Gasteiger charge is 2.52. The number of rotatable bonds is 5. The van der Waals surface area contributed by atoms with Gasteiger partial charge in [0.1, 0.15) is 5.78 Å². The van der Waals surface area contributed by atoms with Gasteiger partial charge in [-0.25, -0.2) is 0 Å². The minimum Gasteiger partial charge on any atom is -0.299 e. The fraction of sp³-hybridized carbons (Fsp3) is 0.588. The van der Waals surface area contributed by atoms with Crippen molar-refractivity contribution >= 4 is 5.78 Å². The topological polar surface area (TPSA) is 17.1 Å². The number of aryl methyl sites for hydroxylation is 1. The molecule has 1 saturated carbocycles. The van der Waals surface area contributed by atoms with Gasteiger partial charge in [0.25, 0.3) is 0 Å². The minimum absolute atomic E-state index is 0.0632. The number of hydrogen-bond donors (Lipinski definition) is 0. The first-order chi connectivity index (χ1) is 8.67. The third-order valence-corrected chi connectivity index (χ3v) is 4.79. The minimum atomic E-state index is -0.0632. The molecule has 0 aliphatic heterocycles.